The summed E-state index contributed by atoms with van der Waals surface area (Å²) in [5.41, 5.74) is -1.03. The van der Waals surface area contributed by atoms with Gasteiger partial charge in [0, 0.05) is 25.6 Å². The minimum atomic E-state index is -4.62. The Kier molecular flexibility index (Phi) is 10.9. The molecule has 0 unspecified atom stereocenters. The molecule has 0 bridgehead atoms. The molecule has 0 aliphatic heterocycles. The van der Waals surface area contributed by atoms with E-state index in [0.29, 0.717) is 12.6 Å². The van der Waals surface area contributed by atoms with Crippen molar-refractivity contribution in [1.82, 2.24) is 15.4 Å². The molecule has 3 N–H and O–H groups in total. The van der Waals surface area contributed by atoms with Gasteiger partial charge in [0.2, 0.25) is 15.9 Å². The van der Waals surface area contributed by atoms with E-state index in [2.05, 4.69) is 15.4 Å². The Hall–Kier alpha value is -1.36. The van der Waals surface area contributed by atoms with E-state index < -0.39 is 26.7 Å². The molecular formula is C16H25ClF3N3O3S. The van der Waals surface area contributed by atoms with E-state index in [1.165, 1.54) is 0 Å². The fourth-order valence-electron chi connectivity index (χ4n) is 2.15. The van der Waals surface area contributed by atoms with Gasteiger partial charge in [0.05, 0.1) is 10.5 Å². The lowest BCUT2D eigenvalue weighted by Crippen LogP contribution is -2.39. The van der Waals surface area contributed by atoms with Crippen LogP contribution >= 0.6 is 12.4 Å². The third-order valence-corrected chi connectivity index (χ3v) is 4.96. The number of likely N-dealkylation sites (N-methyl/N-ethyl adjacent to an activating group) is 1. The van der Waals surface area contributed by atoms with Gasteiger partial charge in [0.1, 0.15) is 0 Å². The zero-order valence-corrected chi connectivity index (χ0v) is 16.7. The summed E-state index contributed by atoms with van der Waals surface area (Å²) in [6, 6.07) is 3.64. The van der Waals surface area contributed by atoms with Crippen LogP contribution in [0.2, 0.25) is 0 Å². The van der Waals surface area contributed by atoms with Gasteiger partial charge >= 0.3 is 6.18 Å². The molecule has 0 heterocycles. The first-order valence-electron chi connectivity index (χ1n) is 8.23. The highest BCUT2D eigenvalue weighted by molar-refractivity contribution is 7.89. The van der Waals surface area contributed by atoms with E-state index in [1.807, 2.05) is 13.8 Å². The molecule has 1 amide bonds. The average Bonchev–Trinajstić information content (AvgIpc) is 2.56. The van der Waals surface area contributed by atoms with E-state index in [4.69, 9.17) is 0 Å². The zero-order chi connectivity index (χ0) is 19.8. The smallest absolute Gasteiger partial charge is 0.355 e. The van der Waals surface area contributed by atoms with Crippen molar-refractivity contribution in [3.63, 3.8) is 0 Å². The van der Waals surface area contributed by atoms with Crippen LogP contribution in [-0.4, -0.2) is 40.0 Å². The summed E-state index contributed by atoms with van der Waals surface area (Å²) in [7, 11) is -4.07. The second-order valence-electron chi connectivity index (χ2n) is 5.79. The van der Waals surface area contributed by atoms with Gasteiger partial charge in [-0.05, 0) is 38.1 Å². The molecule has 0 saturated heterocycles. The van der Waals surface area contributed by atoms with E-state index in [-0.39, 0.29) is 43.7 Å². The van der Waals surface area contributed by atoms with Crippen molar-refractivity contribution in [2.75, 3.05) is 19.6 Å². The zero-order valence-electron chi connectivity index (χ0n) is 15.1. The highest BCUT2D eigenvalue weighted by Crippen LogP contribution is 2.30. The molecule has 1 aromatic carbocycles. The molecule has 0 spiro atoms. The number of hydrogen-bond donors (Lipinski definition) is 3. The lowest BCUT2D eigenvalue weighted by atomic mass is 10.2. The van der Waals surface area contributed by atoms with Crippen molar-refractivity contribution in [1.29, 1.82) is 0 Å². The maximum atomic E-state index is 12.7. The van der Waals surface area contributed by atoms with Crippen molar-refractivity contribution in [3.05, 3.63) is 29.8 Å². The van der Waals surface area contributed by atoms with Gasteiger partial charge < -0.3 is 10.6 Å². The summed E-state index contributed by atoms with van der Waals surface area (Å²) in [5.74, 6) is -0.215. The standard InChI is InChI=1S/C16H24F3N3O3S.ClH/c1-3-20-12(2)11-21-15(23)8-5-9-22-26(24,25)14-7-4-6-13(10-14)16(17,18)19;/h4,6-7,10,12,20,22H,3,5,8-9,11H2,1-2H3,(H,21,23);1H/t12-;/m1./s1. The first kappa shape index (κ1) is 25.6. The Balaban J connectivity index is 0.00000676. The molecule has 1 aromatic rings. The predicted molar refractivity (Wildman–Crippen MR) is 99.3 cm³/mol. The van der Waals surface area contributed by atoms with Crippen molar-refractivity contribution in [3.8, 4) is 0 Å². The second-order valence-corrected chi connectivity index (χ2v) is 7.56. The third kappa shape index (κ3) is 9.41. The molecule has 0 aliphatic carbocycles. The number of halogens is 4. The first-order valence-corrected chi connectivity index (χ1v) is 9.71. The Bertz CT molecular complexity index is 700. The van der Waals surface area contributed by atoms with Crippen LogP contribution in [0.3, 0.4) is 0 Å². The van der Waals surface area contributed by atoms with E-state index in [1.54, 1.807) is 0 Å². The number of carbonyl (C=O) groups excluding carboxylic acids is 1. The molecule has 0 fully saturated rings. The summed E-state index contributed by atoms with van der Waals surface area (Å²) >= 11 is 0. The monoisotopic (exact) mass is 431 g/mol. The van der Waals surface area contributed by atoms with Crippen molar-refractivity contribution in [2.45, 2.75) is 43.8 Å². The summed E-state index contributed by atoms with van der Waals surface area (Å²) in [5, 5.41) is 5.85. The Morgan fingerprint density at radius 2 is 1.93 bits per heavy atom. The SMILES string of the molecule is CCN[C@H](C)CNC(=O)CCCNS(=O)(=O)c1cccc(C(F)(F)F)c1.Cl. The minimum Gasteiger partial charge on any atom is -0.355 e. The van der Waals surface area contributed by atoms with Crippen LogP contribution < -0.4 is 15.4 Å². The molecule has 0 saturated carbocycles. The quantitative estimate of drug-likeness (QED) is 0.496. The van der Waals surface area contributed by atoms with Gasteiger partial charge in [-0.25, -0.2) is 13.1 Å². The lowest BCUT2D eigenvalue weighted by Gasteiger charge is -2.13. The van der Waals surface area contributed by atoms with Crippen LogP contribution in [0, 0.1) is 0 Å². The first-order chi connectivity index (χ1) is 12.1. The fourth-order valence-corrected chi connectivity index (χ4v) is 3.27. The van der Waals surface area contributed by atoms with Crippen molar-refractivity contribution < 1.29 is 26.4 Å². The molecule has 27 heavy (non-hydrogen) atoms. The van der Waals surface area contributed by atoms with Gasteiger partial charge in [-0.1, -0.05) is 13.0 Å². The van der Waals surface area contributed by atoms with Crippen molar-refractivity contribution >= 4 is 28.3 Å². The Morgan fingerprint density at radius 3 is 2.52 bits per heavy atom. The van der Waals surface area contributed by atoms with Crippen LogP contribution in [0.4, 0.5) is 13.2 Å². The van der Waals surface area contributed by atoms with Gasteiger partial charge in [-0.3, -0.25) is 4.79 Å². The lowest BCUT2D eigenvalue weighted by molar-refractivity contribution is -0.137. The topological polar surface area (TPSA) is 87.3 Å². The van der Waals surface area contributed by atoms with Crippen LogP contribution in [-0.2, 0) is 21.0 Å². The van der Waals surface area contributed by atoms with Crippen LogP contribution in [0.15, 0.2) is 29.2 Å². The van der Waals surface area contributed by atoms with Crippen LogP contribution in [0.1, 0.15) is 32.3 Å². The molecular weight excluding hydrogens is 407 g/mol. The number of benzene rings is 1. The molecule has 11 heteroatoms. The minimum absolute atomic E-state index is 0. The number of alkyl halides is 3. The largest absolute Gasteiger partial charge is 0.416 e. The maximum absolute atomic E-state index is 12.7. The number of hydrogen-bond acceptors (Lipinski definition) is 4. The highest BCUT2D eigenvalue weighted by Gasteiger charge is 2.31. The van der Waals surface area contributed by atoms with E-state index >= 15 is 0 Å². The molecule has 0 radical (unpaired) electrons. The van der Waals surface area contributed by atoms with Crippen LogP contribution in [0.5, 0.6) is 0 Å². The Labute approximate surface area is 163 Å². The normalized spacial score (nSPS) is 12.9. The third-order valence-electron chi connectivity index (χ3n) is 3.50. The molecule has 1 rings (SSSR count). The molecule has 6 nitrogen and oxygen atoms in total. The number of carbonyl (C=O) groups is 1. The fraction of sp³-hybridized carbons (Fsp3) is 0.562. The Morgan fingerprint density at radius 1 is 1.26 bits per heavy atom. The number of amides is 1. The van der Waals surface area contributed by atoms with Gasteiger partial charge in [0.15, 0.2) is 0 Å². The molecule has 1 atom stereocenters. The van der Waals surface area contributed by atoms with Crippen molar-refractivity contribution in [2.24, 2.45) is 0 Å². The number of nitrogens with one attached hydrogen (secondary N) is 3. The highest BCUT2D eigenvalue weighted by atomic mass is 35.5. The van der Waals surface area contributed by atoms with Gasteiger partial charge in [-0.15, -0.1) is 12.4 Å². The van der Waals surface area contributed by atoms with E-state index in [0.717, 1.165) is 24.7 Å². The molecule has 0 aliphatic rings. The predicted octanol–water partition coefficient (Wildman–Crippen LogP) is 2.30. The second kappa shape index (κ2) is 11.5. The van der Waals surface area contributed by atoms with Gasteiger partial charge in [0.25, 0.3) is 0 Å². The summed E-state index contributed by atoms with van der Waals surface area (Å²) in [6.07, 6.45) is -4.27. The summed E-state index contributed by atoms with van der Waals surface area (Å²) in [6.45, 7) is 5.08. The van der Waals surface area contributed by atoms with Gasteiger partial charge in [-0.2, -0.15) is 13.2 Å². The molecule has 156 valence electrons. The number of sulfonamides is 1. The molecule has 0 aromatic heterocycles. The maximum Gasteiger partial charge on any atom is 0.416 e. The summed E-state index contributed by atoms with van der Waals surface area (Å²) in [4.78, 5) is 11.2. The van der Waals surface area contributed by atoms with Crippen LogP contribution in [0.25, 0.3) is 0 Å². The van der Waals surface area contributed by atoms with E-state index in [9.17, 15) is 26.4 Å². The summed E-state index contributed by atoms with van der Waals surface area (Å²) < 4.78 is 64.3. The number of rotatable bonds is 10. The average molecular weight is 432 g/mol.